The van der Waals surface area contributed by atoms with Gasteiger partial charge in [-0.05, 0) is 36.8 Å². The molecule has 24 heavy (non-hydrogen) atoms. The summed E-state index contributed by atoms with van der Waals surface area (Å²) in [5.41, 5.74) is 1.00. The molecule has 0 radical (unpaired) electrons. The van der Waals surface area contributed by atoms with E-state index in [0.717, 1.165) is 11.8 Å². The number of methoxy groups -OCH3 is 1. The van der Waals surface area contributed by atoms with Crippen LogP contribution < -0.4 is 4.31 Å². The average molecular weight is 351 g/mol. The van der Waals surface area contributed by atoms with Crippen molar-refractivity contribution in [2.24, 2.45) is 0 Å². The molecule has 2 aromatic rings. The van der Waals surface area contributed by atoms with Crippen LogP contribution in [0.1, 0.15) is 29.8 Å². The molecule has 0 saturated heterocycles. The van der Waals surface area contributed by atoms with E-state index in [0.29, 0.717) is 5.56 Å². The smallest absolute Gasteiger partial charge is 0.339 e. The van der Waals surface area contributed by atoms with E-state index in [1.807, 2.05) is 32.0 Å². The van der Waals surface area contributed by atoms with Gasteiger partial charge >= 0.3 is 5.97 Å². The Hall–Kier alpha value is -2.21. The summed E-state index contributed by atoms with van der Waals surface area (Å²) in [7, 11) is 1.18. The van der Waals surface area contributed by atoms with Crippen molar-refractivity contribution in [3.63, 3.8) is 0 Å². The second kappa shape index (κ2) is 9.17. The Morgan fingerprint density at radius 2 is 1.75 bits per heavy atom. The first-order chi connectivity index (χ1) is 11.5. The molecule has 0 fully saturated rings. The number of hydrogen-bond donors (Lipinski definition) is 0. The summed E-state index contributed by atoms with van der Waals surface area (Å²) in [5.74, 6) is -1.26. The number of ether oxygens (including phenoxy) is 1. The van der Waals surface area contributed by atoms with Crippen molar-refractivity contribution in [3.8, 4) is 0 Å². The molecule has 0 N–H and O–H groups in total. The van der Waals surface area contributed by atoms with E-state index in [4.69, 9.17) is 0 Å². The number of carbonyl (C=O) groups is 1. The highest BCUT2D eigenvalue weighted by Gasteiger charge is 2.22. The molecule has 0 amide bonds. The van der Waals surface area contributed by atoms with Gasteiger partial charge in [-0.2, -0.15) is 0 Å². The van der Waals surface area contributed by atoms with Gasteiger partial charge < -0.3 is 4.74 Å². The normalized spacial score (nSPS) is 11.1. The molecule has 0 heterocycles. The van der Waals surface area contributed by atoms with E-state index >= 15 is 0 Å². The number of carbonyl (C=O) groups excluding carboxylic acids is 1. The number of nitrogens with zero attached hydrogens (tertiary/aromatic N) is 1. The van der Waals surface area contributed by atoms with Gasteiger partial charge in [-0.25, -0.2) is 13.4 Å². The number of para-hydroxylation sites is 1. The van der Waals surface area contributed by atoms with Crippen molar-refractivity contribution in [1.82, 2.24) is 0 Å². The predicted octanol–water partition coefficient (Wildman–Crippen LogP) is 4.11. The second-order valence-electron chi connectivity index (χ2n) is 4.67. The van der Waals surface area contributed by atoms with Crippen LogP contribution in [0.25, 0.3) is 0 Å². The van der Waals surface area contributed by atoms with Crippen LogP contribution in [0, 0.1) is 12.7 Å². The van der Waals surface area contributed by atoms with E-state index in [1.165, 1.54) is 17.5 Å². The maximum atomic E-state index is 13.7. The predicted molar refractivity (Wildman–Crippen MR) is 95.1 cm³/mol. The van der Waals surface area contributed by atoms with Crippen molar-refractivity contribution < 1.29 is 18.1 Å². The summed E-state index contributed by atoms with van der Waals surface area (Å²) in [4.78, 5) is 12.0. The van der Waals surface area contributed by atoms with Gasteiger partial charge in [-0.3, -0.25) is 4.31 Å². The Morgan fingerprint density at radius 1 is 1.17 bits per heavy atom. The molecule has 0 aliphatic heterocycles. The van der Waals surface area contributed by atoms with E-state index in [9.17, 15) is 13.4 Å². The molecule has 0 aliphatic rings. The van der Waals surface area contributed by atoms with Crippen LogP contribution in [-0.4, -0.2) is 24.3 Å². The van der Waals surface area contributed by atoms with Gasteiger partial charge in [0.25, 0.3) is 0 Å². The lowest BCUT2D eigenvalue weighted by atomic mass is 10.1. The zero-order valence-electron chi connectivity index (χ0n) is 14.5. The largest absolute Gasteiger partial charge is 0.465 e. The van der Waals surface area contributed by atoms with Crippen molar-refractivity contribution in [3.05, 3.63) is 59.4 Å². The molecule has 0 aliphatic carbocycles. The molecule has 0 spiro atoms. The first-order valence-electron chi connectivity index (χ1n) is 7.55. The number of benzene rings is 2. The van der Waals surface area contributed by atoms with Gasteiger partial charge in [0.1, 0.15) is 5.82 Å². The lowest BCUT2D eigenvalue weighted by molar-refractivity contribution is 0.0596. The van der Waals surface area contributed by atoms with E-state index in [-0.39, 0.29) is 10.5 Å². The molecule has 4 nitrogen and oxygen atoms in total. The molecule has 0 aromatic heterocycles. The quantitative estimate of drug-likeness (QED) is 0.779. The Labute approximate surface area is 144 Å². The highest BCUT2D eigenvalue weighted by molar-refractivity contribution is 7.86. The molecular formula is C18H22FNO3S. The van der Waals surface area contributed by atoms with Gasteiger partial charge in [0, 0.05) is 12.7 Å². The molecule has 6 heteroatoms. The lowest BCUT2D eigenvalue weighted by Crippen LogP contribution is -2.22. The summed E-state index contributed by atoms with van der Waals surface area (Å²) < 4.78 is 32.6. The molecule has 0 bridgehead atoms. The maximum Gasteiger partial charge on any atom is 0.339 e. The maximum absolute atomic E-state index is 13.7. The van der Waals surface area contributed by atoms with Crippen molar-refractivity contribution in [2.75, 3.05) is 18.5 Å². The SMILES string of the molecule is CC.COC(=O)c1cc(F)c(C)cc1S(=O)N(C)c1ccccc1. The topological polar surface area (TPSA) is 46.6 Å². The number of anilines is 1. The fourth-order valence-corrected chi connectivity index (χ4v) is 3.17. The Morgan fingerprint density at radius 3 is 2.29 bits per heavy atom. The fourth-order valence-electron chi connectivity index (χ4n) is 1.95. The summed E-state index contributed by atoms with van der Waals surface area (Å²) >= 11 is 0. The third-order valence-electron chi connectivity index (χ3n) is 3.22. The third-order valence-corrected chi connectivity index (χ3v) is 4.65. The molecule has 1 atom stereocenters. The zero-order valence-corrected chi connectivity index (χ0v) is 15.3. The lowest BCUT2D eigenvalue weighted by Gasteiger charge is -2.20. The minimum absolute atomic E-state index is 0.0354. The summed E-state index contributed by atoms with van der Waals surface area (Å²) in [6.45, 7) is 5.56. The van der Waals surface area contributed by atoms with Crippen LogP contribution in [0.2, 0.25) is 0 Å². The second-order valence-corrected chi connectivity index (χ2v) is 6.16. The van der Waals surface area contributed by atoms with Crippen LogP contribution in [0.4, 0.5) is 10.1 Å². The van der Waals surface area contributed by atoms with Gasteiger partial charge in [-0.15, -0.1) is 0 Å². The monoisotopic (exact) mass is 351 g/mol. The summed E-state index contributed by atoms with van der Waals surface area (Å²) in [5, 5.41) is 0. The van der Waals surface area contributed by atoms with Gasteiger partial charge in [-0.1, -0.05) is 32.0 Å². The fraction of sp³-hybridized carbons (Fsp3) is 0.278. The Balaban J connectivity index is 0.00000139. The van der Waals surface area contributed by atoms with E-state index in [2.05, 4.69) is 4.74 Å². The van der Waals surface area contributed by atoms with Crippen molar-refractivity contribution in [2.45, 2.75) is 25.7 Å². The number of hydrogen-bond acceptors (Lipinski definition) is 3. The Bertz CT molecular complexity index is 720. The van der Waals surface area contributed by atoms with E-state index in [1.54, 1.807) is 26.1 Å². The summed E-state index contributed by atoms with van der Waals surface area (Å²) in [6.07, 6.45) is 0. The molecule has 130 valence electrons. The van der Waals surface area contributed by atoms with Crippen LogP contribution in [0.3, 0.4) is 0 Å². The standard InChI is InChI=1S/C16H16FNO3S.C2H6/c1-11-9-15(13(10-14(11)17)16(19)21-3)22(20)18(2)12-7-5-4-6-8-12;1-2/h4-10H,1-3H3;1-2H3. The van der Waals surface area contributed by atoms with Crippen LogP contribution in [0.15, 0.2) is 47.4 Å². The zero-order chi connectivity index (χ0) is 18.3. The molecule has 2 aromatic carbocycles. The third kappa shape index (κ3) is 4.41. The van der Waals surface area contributed by atoms with Crippen molar-refractivity contribution in [1.29, 1.82) is 0 Å². The highest BCUT2D eigenvalue weighted by Crippen LogP contribution is 2.24. The minimum atomic E-state index is -1.67. The molecule has 1 unspecified atom stereocenters. The number of aryl methyl sites for hydroxylation is 1. The molecular weight excluding hydrogens is 329 g/mol. The van der Waals surface area contributed by atoms with Gasteiger partial charge in [0.05, 0.1) is 17.6 Å². The van der Waals surface area contributed by atoms with E-state index < -0.39 is 22.8 Å². The Kier molecular flexibility index (Phi) is 7.58. The van der Waals surface area contributed by atoms with Crippen LogP contribution >= 0.6 is 0 Å². The number of esters is 1. The average Bonchev–Trinajstić information content (AvgIpc) is 2.64. The first-order valence-corrected chi connectivity index (χ1v) is 8.65. The molecule has 0 saturated carbocycles. The minimum Gasteiger partial charge on any atom is -0.465 e. The number of rotatable bonds is 4. The molecule has 2 rings (SSSR count). The van der Waals surface area contributed by atoms with Crippen molar-refractivity contribution >= 4 is 22.6 Å². The highest BCUT2D eigenvalue weighted by atomic mass is 32.2. The van der Waals surface area contributed by atoms with Gasteiger partial charge in [0.2, 0.25) is 0 Å². The van der Waals surface area contributed by atoms with Crippen LogP contribution in [0.5, 0.6) is 0 Å². The summed E-state index contributed by atoms with van der Waals surface area (Å²) in [6, 6.07) is 11.6. The number of halogens is 1. The van der Waals surface area contributed by atoms with Gasteiger partial charge in [0.15, 0.2) is 11.0 Å². The first kappa shape index (κ1) is 19.8. The van der Waals surface area contributed by atoms with Crippen LogP contribution in [-0.2, 0) is 15.7 Å².